The van der Waals surface area contributed by atoms with E-state index in [4.69, 9.17) is 0 Å². The number of likely N-dealkylation sites (N-methyl/N-ethyl adjacent to an activating group) is 1. The Morgan fingerprint density at radius 2 is 1.88 bits per heavy atom. The van der Waals surface area contributed by atoms with E-state index in [0.29, 0.717) is 6.04 Å². The van der Waals surface area contributed by atoms with Crippen LogP contribution in [0.25, 0.3) is 0 Å². The van der Waals surface area contributed by atoms with Crippen molar-refractivity contribution in [2.75, 3.05) is 7.05 Å². The number of aromatic nitrogens is 2. The quantitative estimate of drug-likeness (QED) is 0.850. The standard InChI is InChI=1S/C13H25N3/c1-9(2)16-11(4)12(10(3)15-16)8-13(5,6)14-7/h9,14H,8H2,1-7H3. The Morgan fingerprint density at radius 3 is 2.25 bits per heavy atom. The molecule has 0 amide bonds. The van der Waals surface area contributed by atoms with Gasteiger partial charge in [-0.2, -0.15) is 5.10 Å². The van der Waals surface area contributed by atoms with Crippen LogP contribution in [0.1, 0.15) is 50.7 Å². The van der Waals surface area contributed by atoms with E-state index in [2.05, 4.69) is 56.6 Å². The highest BCUT2D eigenvalue weighted by Crippen LogP contribution is 2.21. The molecule has 0 bridgehead atoms. The van der Waals surface area contributed by atoms with Crippen molar-refractivity contribution in [3.05, 3.63) is 17.0 Å². The number of nitrogens with one attached hydrogen (secondary N) is 1. The molecule has 0 atom stereocenters. The lowest BCUT2D eigenvalue weighted by Crippen LogP contribution is -2.38. The van der Waals surface area contributed by atoms with Crippen molar-refractivity contribution in [1.29, 1.82) is 0 Å². The molecular formula is C13H25N3. The summed E-state index contributed by atoms with van der Waals surface area (Å²) in [6.07, 6.45) is 1.02. The number of nitrogens with zero attached hydrogens (tertiary/aromatic N) is 2. The molecule has 0 radical (unpaired) electrons. The first-order chi connectivity index (χ1) is 7.28. The first-order valence-corrected chi connectivity index (χ1v) is 6.02. The lowest BCUT2D eigenvalue weighted by molar-refractivity contribution is 0.419. The molecule has 1 aromatic rings. The van der Waals surface area contributed by atoms with Crippen LogP contribution in [0, 0.1) is 13.8 Å². The van der Waals surface area contributed by atoms with E-state index in [1.165, 1.54) is 11.3 Å². The first kappa shape index (κ1) is 13.2. The maximum Gasteiger partial charge on any atom is 0.0629 e. The van der Waals surface area contributed by atoms with E-state index >= 15 is 0 Å². The summed E-state index contributed by atoms with van der Waals surface area (Å²) in [6.45, 7) is 13.1. The average Bonchev–Trinajstić information content (AvgIpc) is 2.45. The van der Waals surface area contributed by atoms with Gasteiger partial charge in [-0.15, -0.1) is 0 Å². The predicted octanol–water partition coefficient (Wildman–Crippen LogP) is 2.62. The number of hydrogen-bond donors (Lipinski definition) is 1. The van der Waals surface area contributed by atoms with Gasteiger partial charge in [-0.05, 0) is 60.6 Å². The van der Waals surface area contributed by atoms with E-state index in [1.54, 1.807) is 0 Å². The topological polar surface area (TPSA) is 29.9 Å². The van der Waals surface area contributed by atoms with Gasteiger partial charge in [0.05, 0.1) is 5.69 Å². The van der Waals surface area contributed by atoms with E-state index in [0.717, 1.165) is 12.1 Å². The summed E-state index contributed by atoms with van der Waals surface area (Å²) in [6, 6.07) is 0.435. The number of rotatable bonds is 4. The Hall–Kier alpha value is -0.830. The lowest BCUT2D eigenvalue weighted by Gasteiger charge is -2.24. The summed E-state index contributed by atoms with van der Waals surface area (Å²) in [4.78, 5) is 0. The normalized spacial score (nSPS) is 12.5. The molecule has 92 valence electrons. The SMILES string of the molecule is CNC(C)(C)Cc1c(C)nn(C(C)C)c1C. The summed E-state index contributed by atoms with van der Waals surface area (Å²) >= 11 is 0. The van der Waals surface area contributed by atoms with E-state index in [1.807, 2.05) is 7.05 Å². The Bertz CT molecular complexity index is 361. The van der Waals surface area contributed by atoms with E-state index < -0.39 is 0 Å². The third-order valence-corrected chi connectivity index (χ3v) is 3.26. The summed E-state index contributed by atoms with van der Waals surface area (Å²) < 4.78 is 2.12. The molecule has 0 aliphatic heterocycles. The van der Waals surface area contributed by atoms with Gasteiger partial charge in [0.2, 0.25) is 0 Å². The van der Waals surface area contributed by atoms with Crippen molar-refractivity contribution in [1.82, 2.24) is 15.1 Å². The van der Waals surface area contributed by atoms with Crippen LogP contribution >= 0.6 is 0 Å². The molecule has 0 spiro atoms. The molecule has 1 aromatic heterocycles. The Kier molecular flexibility index (Phi) is 3.79. The predicted molar refractivity (Wildman–Crippen MR) is 68.9 cm³/mol. The van der Waals surface area contributed by atoms with Gasteiger partial charge in [0.1, 0.15) is 0 Å². The fourth-order valence-corrected chi connectivity index (χ4v) is 1.99. The fourth-order valence-electron chi connectivity index (χ4n) is 1.99. The lowest BCUT2D eigenvalue weighted by atomic mass is 9.94. The van der Waals surface area contributed by atoms with Crippen molar-refractivity contribution in [2.45, 2.75) is 59.5 Å². The molecule has 0 unspecified atom stereocenters. The highest BCUT2D eigenvalue weighted by Gasteiger charge is 2.21. The molecule has 1 heterocycles. The van der Waals surface area contributed by atoms with Gasteiger partial charge >= 0.3 is 0 Å². The zero-order valence-electron chi connectivity index (χ0n) is 11.7. The van der Waals surface area contributed by atoms with Crippen molar-refractivity contribution < 1.29 is 0 Å². The van der Waals surface area contributed by atoms with Gasteiger partial charge < -0.3 is 5.32 Å². The maximum absolute atomic E-state index is 4.62. The molecule has 0 aliphatic carbocycles. The van der Waals surface area contributed by atoms with Crippen LogP contribution in [0.15, 0.2) is 0 Å². The molecule has 16 heavy (non-hydrogen) atoms. The highest BCUT2D eigenvalue weighted by atomic mass is 15.3. The molecule has 0 aliphatic rings. The van der Waals surface area contributed by atoms with Crippen LogP contribution < -0.4 is 5.32 Å². The van der Waals surface area contributed by atoms with Crippen molar-refractivity contribution in [3.63, 3.8) is 0 Å². The van der Waals surface area contributed by atoms with Crippen LogP contribution in [0.3, 0.4) is 0 Å². The summed E-state index contributed by atoms with van der Waals surface area (Å²) in [5, 5.41) is 7.96. The second-order valence-corrected chi connectivity index (χ2v) is 5.50. The van der Waals surface area contributed by atoms with Crippen LogP contribution in [-0.2, 0) is 6.42 Å². The smallest absolute Gasteiger partial charge is 0.0629 e. The van der Waals surface area contributed by atoms with E-state index in [9.17, 15) is 0 Å². The molecule has 0 fully saturated rings. The van der Waals surface area contributed by atoms with Gasteiger partial charge in [-0.1, -0.05) is 0 Å². The molecule has 1 N–H and O–H groups in total. The molecule has 0 saturated carbocycles. The van der Waals surface area contributed by atoms with Gasteiger partial charge in [0, 0.05) is 17.3 Å². The zero-order chi connectivity index (χ0) is 12.5. The average molecular weight is 223 g/mol. The second kappa shape index (κ2) is 4.58. The Morgan fingerprint density at radius 1 is 1.31 bits per heavy atom. The van der Waals surface area contributed by atoms with E-state index in [-0.39, 0.29) is 5.54 Å². The monoisotopic (exact) mass is 223 g/mol. The highest BCUT2D eigenvalue weighted by molar-refractivity contribution is 5.26. The molecule has 0 aromatic carbocycles. The van der Waals surface area contributed by atoms with Crippen LogP contribution in [0.2, 0.25) is 0 Å². The summed E-state index contributed by atoms with van der Waals surface area (Å²) in [7, 11) is 2.01. The molecule has 3 heteroatoms. The van der Waals surface area contributed by atoms with Crippen molar-refractivity contribution in [3.8, 4) is 0 Å². The zero-order valence-corrected chi connectivity index (χ0v) is 11.7. The Balaban J connectivity index is 3.06. The summed E-state index contributed by atoms with van der Waals surface area (Å²) in [5.74, 6) is 0. The van der Waals surface area contributed by atoms with Crippen molar-refractivity contribution >= 4 is 0 Å². The first-order valence-electron chi connectivity index (χ1n) is 6.02. The van der Waals surface area contributed by atoms with Crippen LogP contribution in [-0.4, -0.2) is 22.4 Å². The van der Waals surface area contributed by atoms with Gasteiger partial charge in [-0.25, -0.2) is 0 Å². The Labute approximate surface area is 99.2 Å². The maximum atomic E-state index is 4.62. The third kappa shape index (κ3) is 2.64. The minimum atomic E-state index is 0.125. The minimum Gasteiger partial charge on any atom is -0.314 e. The number of aryl methyl sites for hydroxylation is 1. The minimum absolute atomic E-state index is 0.125. The third-order valence-electron chi connectivity index (χ3n) is 3.26. The molecule has 3 nitrogen and oxygen atoms in total. The largest absolute Gasteiger partial charge is 0.314 e. The fraction of sp³-hybridized carbons (Fsp3) is 0.769. The second-order valence-electron chi connectivity index (χ2n) is 5.50. The van der Waals surface area contributed by atoms with Crippen LogP contribution in [0.4, 0.5) is 0 Å². The van der Waals surface area contributed by atoms with Gasteiger partial charge in [0.25, 0.3) is 0 Å². The molecular weight excluding hydrogens is 198 g/mol. The number of hydrogen-bond acceptors (Lipinski definition) is 2. The van der Waals surface area contributed by atoms with Crippen molar-refractivity contribution in [2.24, 2.45) is 0 Å². The van der Waals surface area contributed by atoms with Gasteiger partial charge in [-0.3, -0.25) is 4.68 Å². The van der Waals surface area contributed by atoms with Crippen LogP contribution in [0.5, 0.6) is 0 Å². The van der Waals surface area contributed by atoms with Gasteiger partial charge in [0.15, 0.2) is 0 Å². The summed E-state index contributed by atoms with van der Waals surface area (Å²) in [5.41, 5.74) is 3.97. The molecule has 1 rings (SSSR count). The molecule has 0 saturated heterocycles.